The highest BCUT2D eigenvalue weighted by molar-refractivity contribution is 7.89. The lowest BCUT2D eigenvalue weighted by atomic mass is 9.96. The molecule has 4 rings (SSSR count). The van der Waals surface area contributed by atoms with Crippen molar-refractivity contribution in [1.82, 2.24) is 9.21 Å². The van der Waals surface area contributed by atoms with Crippen molar-refractivity contribution in [2.24, 2.45) is 0 Å². The summed E-state index contributed by atoms with van der Waals surface area (Å²) in [5, 5.41) is 10.4. The Bertz CT molecular complexity index is 919. The normalized spacial score (nSPS) is 29.6. The zero-order valence-corrected chi connectivity index (χ0v) is 19.9. The van der Waals surface area contributed by atoms with E-state index >= 15 is 0 Å². The van der Waals surface area contributed by atoms with Gasteiger partial charge in [-0.05, 0) is 44.2 Å². The Labute approximate surface area is 195 Å². The van der Waals surface area contributed by atoms with E-state index in [-0.39, 0.29) is 36.7 Å². The summed E-state index contributed by atoms with van der Waals surface area (Å²) in [4.78, 5) is 14.7. The fraction of sp³-hybridized carbons (Fsp3) is 0.696. The van der Waals surface area contributed by atoms with Crippen LogP contribution in [0.25, 0.3) is 0 Å². The molecule has 3 heterocycles. The number of hydrogen-bond acceptors (Lipinski definition) is 7. The van der Waals surface area contributed by atoms with Crippen molar-refractivity contribution in [3.8, 4) is 5.75 Å². The monoisotopic (exact) mass is 482 g/mol. The van der Waals surface area contributed by atoms with Gasteiger partial charge >= 0.3 is 0 Å². The molecule has 0 spiro atoms. The molecule has 3 aliphatic rings. The number of sulfonamides is 1. The van der Waals surface area contributed by atoms with E-state index in [1.807, 2.05) is 4.90 Å². The Morgan fingerprint density at radius 1 is 1.18 bits per heavy atom. The molecule has 1 N–H and O–H groups in total. The van der Waals surface area contributed by atoms with Crippen LogP contribution in [0.5, 0.6) is 5.75 Å². The average Bonchev–Trinajstić information content (AvgIpc) is 2.82. The van der Waals surface area contributed by atoms with E-state index < -0.39 is 28.3 Å². The highest BCUT2D eigenvalue weighted by atomic mass is 32.2. The standard InChI is InChI=1S/C23H34N2O7S/c1-30-18-6-5-7-20(12-18)33(28,29)25-14-17(26)15-31-16-22-21(25)9-8-19(32-22)13-23(27)24-10-3-2-4-11-24/h5-7,12,17,19,21-22,26H,2-4,8-11,13-16H2,1H3/t17-,19+,21-,22+/m1/s1. The highest BCUT2D eigenvalue weighted by Crippen LogP contribution is 2.32. The zero-order chi connectivity index (χ0) is 23.4. The highest BCUT2D eigenvalue weighted by Gasteiger charge is 2.43. The first-order valence-corrected chi connectivity index (χ1v) is 13.2. The van der Waals surface area contributed by atoms with Gasteiger partial charge in [-0.3, -0.25) is 4.79 Å². The van der Waals surface area contributed by atoms with Crippen molar-refractivity contribution in [2.75, 3.05) is 40.0 Å². The van der Waals surface area contributed by atoms with Crippen LogP contribution in [-0.4, -0.2) is 92.9 Å². The number of aliphatic hydroxyl groups excluding tert-OH is 1. The summed E-state index contributed by atoms with van der Waals surface area (Å²) in [5.41, 5.74) is 0. The predicted octanol–water partition coefficient (Wildman–Crippen LogP) is 1.40. The molecule has 4 atom stereocenters. The number of β-amino-alcohol motifs (C(OH)–C–C–N with tert-alkyl or cyclic N) is 1. The van der Waals surface area contributed by atoms with Crippen LogP contribution in [0.3, 0.4) is 0 Å². The fourth-order valence-corrected chi connectivity index (χ4v) is 6.69. The average molecular weight is 483 g/mol. The summed E-state index contributed by atoms with van der Waals surface area (Å²) < 4.78 is 45.6. The second-order valence-electron chi connectivity index (χ2n) is 9.03. The van der Waals surface area contributed by atoms with Crippen LogP contribution in [-0.2, 0) is 24.3 Å². The molecule has 0 aliphatic carbocycles. The number of methoxy groups -OCH3 is 1. The quantitative estimate of drug-likeness (QED) is 0.676. The maximum atomic E-state index is 13.6. The van der Waals surface area contributed by atoms with Crippen molar-refractivity contribution in [2.45, 2.75) is 67.8 Å². The third-order valence-corrected chi connectivity index (χ3v) is 8.58. The molecule has 3 fully saturated rings. The number of carbonyl (C=O) groups excluding carboxylic acids is 1. The number of amides is 1. The Hall–Kier alpha value is -1.72. The number of hydrogen-bond donors (Lipinski definition) is 1. The largest absolute Gasteiger partial charge is 0.497 e. The number of nitrogens with zero attached hydrogens (tertiary/aromatic N) is 2. The summed E-state index contributed by atoms with van der Waals surface area (Å²) in [6, 6.07) is 5.84. The maximum Gasteiger partial charge on any atom is 0.243 e. The Balaban J connectivity index is 1.51. The predicted molar refractivity (Wildman–Crippen MR) is 120 cm³/mol. The van der Waals surface area contributed by atoms with Crippen molar-refractivity contribution < 1.29 is 32.5 Å². The van der Waals surface area contributed by atoms with Gasteiger partial charge in [0.2, 0.25) is 15.9 Å². The van der Waals surface area contributed by atoms with Gasteiger partial charge in [0.25, 0.3) is 0 Å². The molecule has 3 saturated heterocycles. The minimum absolute atomic E-state index is 0.0219. The van der Waals surface area contributed by atoms with Gasteiger partial charge in [0, 0.05) is 25.7 Å². The van der Waals surface area contributed by atoms with Gasteiger partial charge in [-0.2, -0.15) is 4.31 Å². The summed E-state index contributed by atoms with van der Waals surface area (Å²) in [6.45, 7) is 1.70. The van der Waals surface area contributed by atoms with E-state index in [0.29, 0.717) is 25.0 Å². The van der Waals surface area contributed by atoms with E-state index in [1.54, 1.807) is 12.1 Å². The number of rotatable bonds is 5. The van der Waals surface area contributed by atoms with Crippen molar-refractivity contribution in [1.29, 1.82) is 0 Å². The second kappa shape index (κ2) is 10.7. The van der Waals surface area contributed by atoms with E-state index in [2.05, 4.69) is 0 Å². The molecule has 0 bridgehead atoms. The smallest absolute Gasteiger partial charge is 0.243 e. The topological polar surface area (TPSA) is 106 Å². The number of piperidine rings is 1. The van der Waals surface area contributed by atoms with Gasteiger partial charge in [0.15, 0.2) is 0 Å². The number of carbonyl (C=O) groups is 1. The molecule has 0 unspecified atom stereocenters. The summed E-state index contributed by atoms with van der Waals surface area (Å²) in [6.07, 6.45) is 2.92. The van der Waals surface area contributed by atoms with Crippen LogP contribution in [0.15, 0.2) is 29.2 Å². The molecule has 1 aromatic carbocycles. The van der Waals surface area contributed by atoms with Gasteiger partial charge in [-0.25, -0.2) is 8.42 Å². The molecule has 3 aliphatic heterocycles. The maximum absolute atomic E-state index is 13.6. The van der Waals surface area contributed by atoms with Gasteiger partial charge in [-0.1, -0.05) is 6.07 Å². The number of aliphatic hydroxyl groups is 1. The van der Waals surface area contributed by atoms with E-state index in [1.165, 1.54) is 23.5 Å². The van der Waals surface area contributed by atoms with E-state index in [9.17, 15) is 18.3 Å². The van der Waals surface area contributed by atoms with Gasteiger partial charge in [0.1, 0.15) is 5.75 Å². The number of ether oxygens (including phenoxy) is 3. The van der Waals surface area contributed by atoms with Crippen LogP contribution >= 0.6 is 0 Å². The minimum Gasteiger partial charge on any atom is -0.497 e. The SMILES string of the molecule is COc1cccc(S(=O)(=O)N2C[C@@H](O)COC[C@@H]3O[C@H](CC(=O)N4CCCCC4)CC[C@H]32)c1. The summed E-state index contributed by atoms with van der Waals surface area (Å²) in [7, 11) is -2.43. The number of fused-ring (bicyclic) bond motifs is 1. The van der Waals surface area contributed by atoms with Crippen molar-refractivity contribution >= 4 is 15.9 Å². The Morgan fingerprint density at radius 2 is 1.97 bits per heavy atom. The molecule has 0 aromatic heterocycles. The minimum atomic E-state index is -3.91. The Morgan fingerprint density at radius 3 is 2.73 bits per heavy atom. The lowest BCUT2D eigenvalue weighted by Gasteiger charge is -2.43. The number of likely N-dealkylation sites (tertiary alicyclic amines) is 1. The van der Waals surface area contributed by atoms with Gasteiger partial charge in [-0.15, -0.1) is 0 Å². The van der Waals surface area contributed by atoms with E-state index in [0.717, 1.165) is 32.4 Å². The van der Waals surface area contributed by atoms with Crippen LogP contribution in [0.2, 0.25) is 0 Å². The van der Waals surface area contributed by atoms with Crippen LogP contribution in [0, 0.1) is 0 Å². The molecule has 0 saturated carbocycles. The summed E-state index contributed by atoms with van der Waals surface area (Å²) >= 11 is 0. The lowest BCUT2D eigenvalue weighted by molar-refractivity contribution is -0.152. The first kappa shape index (κ1) is 24.4. The molecule has 33 heavy (non-hydrogen) atoms. The molecule has 9 nitrogen and oxygen atoms in total. The van der Waals surface area contributed by atoms with E-state index in [4.69, 9.17) is 14.2 Å². The molecule has 10 heteroatoms. The molecule has 1 aromatic rings. The molecule has 1 amide bonds. The third-order valence-electron chi connectivity index (χ3n) is 6.69. The lowest BCUT2D eigenvalue weighted by Crippen LogP contribution is -2.57. The van der Waals surface area contributed by atoms with Crippen LogP contribution < -0.4 is 4.74 Å². The zero-order valence-electron chi connectivity index (χ0n) is 19.1. The van der Waals surface area contributed by atoms with Crippen molar-refractivity contribution in [3.63, 3.8) is 0 Å². The first-order valence-electron chi connectivity index (χ1n) is 11.7. The number of benzene rings is 1. The van der Waals surface area contributed by atoms with Crippen molar-refractivity contribution in [3.05, 3.63) is 24.3 Å². The summed E-state index contributed by atoms with van der Waals surface area (Å²) in [5.74, 6) is 0.543. The molecule has 184 valence electrons. The third kappa shape index (κ3) is 5.68. The second-order valence-corrected chi connectivity index (χ2v) is 10.9. The molecular weight excluding hydrogens is 448 g/mol. The Kier molecular flexibility index (Phi) is 7.91. The van der Waals surface area contributed by atoms with Crippen LogP contribution in [0.4, 0.5) is 0 Å². The molecular formula is C23H34N2O7S. The fourth-order valence-electron chi connectivity index (χ4n) is 4.94. The van der Waals surface area contributed by atoms with Crippen LogP contribution in [0.1, 0.15) is 38.5 Å². The van der Waals surface area contributed by atoms with Gasteiger partial charge in [0.05, 0.1) is 56.0 Å². The van der Waals surface area contributed by atoms with Gasteiger partial charge < -0.3 is 24.2 Å². The first-order chi connectivity index (χ1) is 15.9. The molecule has 0 radical (unpaired) electrons.